The zero-order chi connectivity index (χ0) is 23.8. The predicted octanol–water partition coefficient (Wildman–Crippen LogP) is 3.05. The van der Waals surface area contributed by atoms with E-state index in [1.54, 1.807) is 6.92 Å². The molecule has 2 aliphatic rings. The van der Waals surface area contributed by atoms with Gasteiger partial charge in [-0.3, -0.25) is 9.69 Å². The van der Waals surface area contributed by atoms with Crippen LogP contribution in [0.5, 0.6) is 5.88 Å². The van der Waals surface area contributed by atoms with Crippen LogP contribution in [0.1, 0.15) is 18.1 Å². The number of amides is 1. The maximum absolute atomic E-state index is 11.5. The minimum Gasteiger partial charge on any atom is -0.476 e. The van der Waals surface area contributed by atoms with E-state index >= 15 is 0 Å². The molecule has 0 spiro atoms. The van der Waals surface area contributed by atoms with Gasteiger partial charge in [0.05, 0.1) is 19.8 Å². The number of carbonyl (C=O) groups is 1. The van der Waals surface area contributed by atoms with Crippen molar-refractivity contribution >= 4 is 17.4 Å². The summed E-state index contributed by atoms with van der Waals surface area (Å²) in [7, 11) is 0. The fourth-order valence-corrected chi connectivity index (χ4v) is 4.17. The Labute approximate surface area is 201 Å². The number of benzene rings is 1. The van der Waals surface area contributed by atoms with Gasteiger partial charge in [0.1, 0.15) is 6.61 Å². The number of aromatic nitrogens is 1. The first kappa shape index (κ1) is 24.1. The lowest BCUT2D eigenvalue weighted by molar-refractivity contribution is -0.130. The van der Waals surface area contributed by atoms with Crippen molar-refractivity contribution in [3.63, 3.8) is 0 Å². The molecule has 34 heavy (non-hydrogen) atoms. The number of pyridine rings is 1. The number of carbonyl (C=O) groups excluding carboxylic acids is 1. The van der Waals surface area contributed by atoms with Crippen molar-refractivity contribution in [3.8, 4) is 5.88 Å². The molecule has 4 rings (SSSR count). The van der Waals surface area contributed by atoms with Crippen molar-refractivity contribution in [1.29, 1.82) is 0 Å². The summed E-state index contributed by atoms with van der Waals surface area (Å²) in [6.45, 7) is 11.8. The Bertz CT molecular complexity index is 984. The second kappa shape index (κ2) is 11.9. The topological polar surface area (TPSA) is 82.9 Å². The second-order valence-corrected chi connectivity index (χ2v) is 8.71. The van der Waals surface area contributed by atoms with Gasteiger partial charge in [0.15, 0.2) is 5.82 Å². The number of morpholine rings is 1. The monoisotopic (exact) mass is 466 g/mol. The van der Waals surface area contributed by atoms with E-state index in [9.17, 15) is 4.79 Å². The van der Waals surface area contributed by atoms with E-state index in [4.69, 9.17) is 9.47 Å². The van der Waals surface area contributed by atoms with Gasteiger partial charge < -0.3 is 19.3 Å². The molecule has 1 amide bonds. The smallest absolute Gasteiger partial charge is 0.219 e. The number of nitrogens with zero attached hydrogens (tertiary/aromatic N) is 6. The van der Waals surface area contributed by atoms with Crippen molar-refractivity contribution in [2.24, 2.45) is 10.2 Å². The van der Waals surface area contributed by atoms with Crippen molar-refractivity contribution in [2.45, 2.75) is 20.4 Å². The molecule has 1 aromatic carbocycles. The highest BCUT2D eigenvalue weighted by atomic mass is 16.5. The molecular weight excluding hydrogens is 432 g/mol. The van der Waals surface area contributed by atoms with Gasteiger partial charge in [0.25, 0.3) is 0 Å². The second-order valence-electron chi connectivity index (χ2n) is 8.71. The Hall–Kier alpha value is -3.04. The molecule has 0 aliphatic carbocycles. The fraction of sp³-hybridized carbons (Fsp3) is 0.520. The van der Waals surface area contributed by atoms with E-state index in [1.807, 2.05) is 29.2 Å². The van der Waals surface area contributed by atoms with Crippen LogP contribution in [0.2, 0.25) is 0 Å². The molecule has 0 unspecified atom stereocenters. The van der Waals surface area contributed by atoms with E-state index in [0.29, 0.717) is 38.1 Å². The van der Waals surface area contributed by atoms with Crippen LogP contribution in [0.15, 0.2) is 46.6 Å². The number of rotatable bonds is 8. The van der Waals surface area contributed by atoms with E-state index in [-0.39, 0.29) is 5.91 Å². The first-order valence-electron chi connectivity index (χ1n) is 12.0. The lowest BCUT2D eigenvalue weighted by Crippen LogP contribution is -2.48. The number of aryl methyl sites for hydroxylation is 1. The number of hydrogen-bond acceptors (Lipinski definition) is 8. The van der Waals surface area contributed by atoms with Crippen LogP contribution in [0.4, 0.5) is 11.5 Å². The third-order valence-electron chi connectivity index (χ3n) is 6.13. The van der Waals surface area contributed by atoms with Crippen LogP contribution in [-0.4, -0.2) is 86.3 Å². The summed E-state index contributed by atoms with van der Waals surface area (Å²) in [6.07, 6.45) is 0. The van der Waals surface area contributed by atoms with Gasteiger partial charge in [-0.25, -0.2) is 0 Å². The molecule has 9 nitrogen and oxygen atoms in total. The Kier molecular flexibility index (Phi) is 8.43. The minimum atomic E-state index is 0.143. The van der Waals surface area contributed by atoms with Gasteiger partial charge >= 0.3 is 0 Å². The average molecular weight is 467 g/mol. The highest BCUT2D eigenvalue weighted by Gasteiger charge is 2.19. The van der Waals surface area contributed by atoms with Gasteiger partial charge in [-0.1, -0.05) is 29.8 Å². The van der Waals surface area contributed by atoms with Gasteiger partial charge in [0, 0.05) is 70.6 Å². The predicted molar refractivity (Wildman–Crippen MR) is 131 cm³/mol. The average Bonchev–Trinajstić information content (AvgIpc) is 2.85. The Balaban J connectivity index is 1.39. The van der Waals surface area contributed by atoms with E-state index < -0.39 is 0 Å². The van der Waals surface area contributed by atoms with E-state index in [1.165, 1.54) is 5.56 Å². The molecule has 2 saturated heterocycles. The van der Waals surface area contributed by atoms with E-state index in [0.717, 1.165) is 57.1 Å². The van der Waals surface area contributed by atoms with Gasteiger partial charge in [-0.15, -0.1) is 5.11 Å². The maximum Gasteiger partial charge on any atom is 0.219 e. The summed E-state index contributed by atoms with van der Waals surface area (Å²) in [4.78, 5) is 22.6. The normalized spacial score (nSPS) is 17.4. The molecule has 0 saturated carbocycles. The van der Waals surface area contributed by atoms with Crippen molar-refractivity contribution in [1.82, 2.24) is 14.8 Å². The summed E-state index contributed by atoms with van der Waals surface area (Å²) in [5.74, 6) is 1.24. The SMILES string of the molecule is CC(=O)N1CCN(CCOc2cc(N3CCOCC3)cc(N=NCc3cccc(C)c3)n2)CC1. The van der Waals surface area contributed by atoms with Crippen molar-refractivity contribution in [3.05, 3.63) is 47.5 Å². The third kappa shape index (κ3) is 6.98. The summed E-state index contributed by atoms with van der Waals surface area (Å²) in [5.41, 5.74) is 3.35. The van der Waals surface area contributed by atoms with Crippen LogP contribution in [0.3, 0.4) is 0 Å². The Morgan fingerprint density at radius 3 is 2.62 bits per heavy atom. The maximum atomic E-state index is 11.5. The first-order valence-corrected chi connectivity index (χ1v) is 12.0. The van der Waals surface area contributed by atoms with Gasteiger partial charge in [0.2, 0.25) is 11.8 Å². The molecule has 1 aromatic heterocycles. The summed E-state index contributed by atoms with van der Waals surface area (Å²) < 4.78 is 11.5. The zero-order valence-corrected chi connectivity index (χ0v) is 20.2. The number of piperazine rings is 1. The van der Waals surface area contributed by atoms with Crippen LogP contribution in [0, 0.1) is 6.92 Å². The molecule has 0 radical (unpaired) electrons. The summed E-state index contributed by atoms with van der Waals surface area (Å²) in [5, 5.41) is 8.78. The van der Waals surface area contributed by atoms with Crippen LogP contribution >= 0.6 is 0 Å². The lowest BCUT2D eigenvalue weighted by Gasteiger charge is -2.34. The molecular formula is C25H34N6O3. The molecule has 182 valence electrons. The van der Waals surface area contributed by atoms with Crippen LogP contribution in [-0.2, 0) is 16.1 Å². The highest BCUT2D eigenvalue weighted by Crippen LogP contribution is 2.26. The Morgan fingerprint density at radius 2 is 1.88 bits per heavy atom. The fourth-order valence-electron chi connectivity index (χ4n) is 4.17. The molecule has 0 atom stereocenters. The molecule has 2 fully saturated rings. The summed E-state index contributed by atoms with van der Waals surface area (Å²) >= 11 is 0. The Morgan fingerprint density at radius 1 is 1.09 bits per heavy atom. The number of hydrogen-bond donors (Lipinski definition) is 0. The first-order chi connectivity index (χ1) is 16.6. The summed E-state index contributed by atoms with van der Waals surface area (Å²) in [6, 6.07) is 12.2. The molecule has 2 aliphatic heterocycles. The van der Waals surface area contributed by atoms with Crippen LogP contribution < -0.4 is 9.64 Å². The van der Waals surface area contributed by atoms with Gasteiger partial charge in [-0.05, 0) is 12.5 Å². The van der Waals surface area contributed by atoms with E-state index in [2.05, 4.69) is 44.1 Å². The molecule has 0 N–H and O–H groups in total. The van der Waals surface area contributed by atoms with Crippen molar-refractivity contribution in [2.75, 3.05) is 70.5 Å². The molecule has 3 heterocycles. The quantitative estimate of drug-likeness (QED) is 0.556. The largest absolute Gasteiger partial charge is 0.476 e. The highest BCUT2D eigenvalue weighted by molar-refractivity contribution is 5.73. The number of azo groups is 1. The number of ether oxygens (including phenoxy) is 2. The zero-order valence-electron chi connectivity index (χ0n) is 20.2. The molecule has 0 bridgehead atoms. The molecule has 2 aromatic rings. The molecule has 9 heteroatoms. The lowest BCUT2D eigenvalue weighted by atomic mass is 10.1. The third-order valence-corrected chi connectivity index (χ3v) is 6.13. The van der Waals surface area contributed by atoms with Crippen LogP contribution in [0.25, 0.3) is 0 Å². The standard InChI is InChI=1S/C25H34N6O3/c1-20-4-3-5-22(16-20)19-26-28-24-17-23(31-11-13-33-14-12-31)18-25(27-24)34-15-10-29-6-8-30(9-7-29)21(2)32/h3-5,16-18H,6-15,19H2,1-2H3. The minimum absolute atomic E-state index is 0.143. The van der Waals surface area contributed by atoms with Crippen molar-refractivity contribution < 1.29 is 14.3 Å². The van der Waals surface area contributed by atoms with Gasteiger partial charge in [-0.2, -0.15) is 10.1 Å². The number of anilines is 1.